The fraction of sp³-hybridized carbons (Fsp3) is 0.529. The van der Waals surface area contributed by atoms with E-state index in [-0.39, 0.29) is 13.0 Å². The van der Waals surface area contributed by atoms with Crippen LogP contribution < -0.4 is 4.72 Å². The van der Waals surface area contributed by atoms with Gasteiger partial charge in [0.25, 0.3) is 5.69 Å². The minimum absolute atomic E-state index is 0.0637. The predicted molar refractivity (Wildman–Crippen MR) is 101 cm³/mol. The van der Waals surface area contributed by atoms with Gasteiger partial charge in [-0.25, -0.2) is 22.7 Å². The van der Waals surface area contributed by atoms with Gasteiger partial charge in [0.05, 0.1) is 12.0 Å². The molecule has 2 rings (SSSR count). The van der Waals surface area contributed by atoms with Crippen molar-refractivity contribution < 1.29 is 32.4 Å². The molecule has 2 atom stereocenters. The number of amides is 1. The van der Waals surface area contributed by atoms with Gasteiger partial charge in [0, 0.05) is 18.7 Å². The number of hydrogen-bond acceptors (Lipinski definition) is 8. The van der Waals surface area contributed by atoms with Crippen molar-refractivity contribution in [3.05, 3.63) is 34.4 Å². The summed E-state index contributed by atoms with van der Waals surface area (Å²) < 4.78 is 37.7. The standard InChI is InChI=1S/C17H23N3O8S/c1-17(2,3)28-16(22)19-10-11(9-13(19)15(21)27-4)18-29(25,26)14-8-6-5-7-12(14)20(23)24/h5-8,11,13,18H,9-10H2,1-4H3. The summed E-state index contributed by atoms with van der Waals surface area (Å²) in [4.78, 5) is 35.5. The number of nitrogens with zero attached hydrogens (tertiary/aromatic N) is 2. The number of benzene rings is 1. The molecule has 11 nitrogen and oxygen atoms in total. The van der Waals surface area contributed by atoms with Crippen LogP contribution >= 0.6 is 0 Å². The number of carbonyl (C=O) groups is 2. The fourth-order valence-electron chi connectivity index (χ4n) is 2.92. The molecular weight excluding hydrogens is 406 g/mol. The maximum atomic E-state index is 12.7. The second kappa shape index (κ2) is 8.33. The smallest absolute Gasteiger partial charge is 0.411 e. The van der Waals surface area contributed by atoms with Gasteiger partial charge in [0.1, 0.15) is 11.6 Å². The molecule has 1 N–H and O–H groups in total. The molecule has 0 spiro atoms. The Hall–Kier alpha value is -2.73. The van der Waals surface area contributed by atoms with Crippen molar-refractivity contribution >= 4 is 27.8 Å². The van der Waals surface area contributed by atoms with Crippen LogP contribution in [0.15, 0.2) is 29.2 Å². The van der Waals surface area contributed by atoms with Gasteiger partial charge in [-0.3, -0.25) is 15.0 Å². The van der Waals surface area contributed by atoms with Crippen LogP contribution in [0.3, 0.4) is 0 Å². The summed E-state index contributed by atoms with van der Waals surface area (Å²) >= 11 is 0. The number of nitro benzene ring substituents is 1. The van der Waals surface area contributed by atoms with Crippen LogP contribution in [0.25, 0.3) is 0 Å². The number of rotatable bonds is 5. The normalized spacial score (nSPS) is 19.7. The molecule has 1 saturated heterocycles. The highest BCUT2D eigenvalue weighted by atomic mass is 32.2. The van der Waals surface area contributed by atoms with Gasteiger partial charge in [-0.15, -0.1) is 0 Å². The van der Waals surface area contributed by atoms with Gasteiger partial charge in [-0.1, -0.05) is 12.1 Å². The molecule has 0 aromatic heterocycles. The average molecular weight is 429 g/mol. The summed E-state index contributed by atoms with van der Waals surface area (Å²) in [6.45, 7) is 4.81. The molecule has 29 heavy (non-hydrogen) atoms. The molecule has 0 aliphatic carbocycles. The lowest BCUT2D eigenvalue weighted by atomic mass is 10.2. The lowest BCUT2D eigenvalue weighted by molar-refractivity contribution is -0.387. The number of para-hydroxylation sites is 1. The molecule has 0 bridgehead atoms. The molecule has 2 unspecified atom stereocenters. The molecule has 1 amide bonds. The van der Waals surface area contributed by atoms with Crippen LogP contribution in [-0.2, 0) is 24.3 Å². The SMILES string of the molecule is COC(=O)C1CC(NS(=O)(=O)c2ccccc2[N+](=O)[O-])CN1C(=O)OC(C)(C)C. The Bertz CT molecular complexity index is 909. The van der Waals surface area contributed by atoms with E-state index >= 15 is 0 Å². The van der Waals surface area contributed by atoms with Crippen molar-refractivity contribution in [3.63, 3.8) is 0 Å². The first-order valence-corrected chi connectivity index (χ1v) is 10.2. The summed E-state index contributed by atoms with van der Waals surface area (Å²) in [5.74, 6) is -0.719. The van der Waals surface area contributed by atoms with E-state index in [4.69, 9.17) is 9.47 Å². The maximum Gasteiger partial charge on any atom is 0.411 e. The van der Waals surface area contributed by atoms with E-state index in [2.05, 4.69) is 4.72 Å². The number of hydrogen-bond donors (Lipinski definition) is 1. The molecule has 1 fully saturated rings. The average Bonchev–Trinajstić information content (AvgIpc) is 3.03. The molecule has 0 radical (unpaired) electrons. The highest BCUT2D eigenvalue weighted by Gasteiger charge is 2.44. The van der Waals surface area contributed by atoms with Crippen LogP contribution in [0.2, 0.25) is 0 Å². The number of nitro groups is 1. The first-order valence-electron chi connectivity index (χ1n) is 8.69. The third kappa shape index (κ3) is 5.41. The summed E-state index contributed by atoms with van der Waals surface area (Å²) in [7, 11) is -3.13. The number of sulfonamides is 1. The number of likely N-dealkylation sites (tertiary alicyclic amines) is 1. The molecule has 1 aromatic rings. The predicted octanol–water partition coefficient (Wildman–Crippen LogP) is 1.42. The molecule has 0 saturated carbocycles. The molecule has 160 valence electrons. The van der Waals surface area contributed by atoms with E-state index in [0.29, 0.717) is 0 Å². The molecular formula is C17H23N3O8S. The van der Waals surface area contributed by atoms with Gasteiger partial charge in [-0.05, 0) is 33.3 Å². The zero-order valence-electron chi connectivity index (χ0n) is 16.4. The van der Waals surface area contributed by atoms with E-state index in [1.807, 2.05) is 0 Å². The Morgan fingerprint density at radius 3 is 2.45 bits per heavy atom. The van der Waals surface area contributed by atoms with Gasteiger partial charge in [-0.2, -0.15) is 0 Å². The van der Waals surface area contributed by atoms with Crippen LogP contribution in [0, 0.1) is 10.1 Å². The molecule has 1 aliphatic heterocycles. The monoisotopic (exact) mass is 429 g/mol. The van der Waals surface area contributed by atoms with Gasteiger partial charge in [0.15, 0.2) is 4.90 Å². The van der Waals surface area contributed by atoms with Crippen LogP contribution in [-0.4, -0.2) is 61.6 Å². The number of methoxy groups -OCH3 is 1. The lowest BCUT2D eigenvalue weighted by Gasteiger charge is -2.27. The minimum atomic E-state index is -4.28. The Kier molecular flexibility index (Phi) is 6.48. The Morgan fingerprint density at radius 2 is 1.90 bits per heavy atom. The Balaban J connectivity index is 2.26. The van der Waals surface area contributed by atoms with Crippen molar-refractivity contribution in [1.29, 1.82) is 0 Å². The quantitative estimate of drug-likeness (QED) is 0.420. The van der Waals surface area contributed by atoms with E-state index in [0.717, 1.165) is 24.1 Å². The summed E-state index contributed by atoms with van der Waals surface area (Å²) in [6.07, 6.45) is -0.855. The topological polar surface area (TPSA) is 145 Å². The highest BCUT2D eigenvalue weighted by molar-refractivity contribution is 7.89. The van der Waals surface area contributed by atoms with Gasteiger partial charge in [0.2, 0.25) is 10.0 Å². The lowest BCUT2D eigenvalue weighted by Crippen LogP contribution is -2.44. The Labute approximate surface area is 168 Å². The molecule has 1 aromatic carbocycles. The largest absolute Gasteiger partial charge is 0.467 e. The van der Waals surface area contributed by atoms with Crippen LogP contribution in [0.4, 0.5) is 10.5 Å². The van der Waals surface area contributed by atoms with Gasteiger partial charge < -0.3 is 9.47 Å². The fourth-order valence-corrected chi connectivity index (χ4v) is 4.33. The van der Waals surface area contributed by atoms with Crippen LogP contribution in [0.5, 0.6) is 0 Å². The number of ether oxygens (including phenoxy) is 2. The molecule has 1 aliphatic rings. The van der Waals surface area contributed by atoms with Crippen molar-refractivity contribution in [2.24, 2.45) is 0 Å². The van der Waals surface area contributed by atoms with E-state index in [9.17, 15) is 28.1 Å². The second-order valence-corrected chi connectivity index (χ2v) is 9.13. The number of carbonyl (C=O) groups excluding carboxylic acids is 2. The summed E-state index contributed by atoms with van der Waals surface area (Å²) in [5, 5.41) is 11.1. The third-order valence-electron chi connectivity index (χ3n) is 4.08. The zero-order valence-corrected chi connectivity index (χ0v) is 17.3. The molecule has 1 heterocycles. The first kappa shape index (κ1) is 22.6. The van der Waals surface area contributed by atoms with Crippen molar-refractivity contribution in [2.45, 2.75) is 49.8 Å². The van der Waals surface area contributed by atoms with Crippen molar-refractivity contribution in [2.75, 3.05) is 13.7 Å². The van der Waals surface area contributed by atoms with Crippen molar-refractivity contribution in [1.82, 2.24) is 9.62 Å². The zero-order chi connectivity index (χ0) is 22.0. The molecule has 12 heteroatoms. The first-order chi connectivity index (χ1) is 13.4. The van der Waals surface area contributed by atoms with E-state index in [1.165, 1.54) is 12.1 Å². The second-order valence-electron chi connectivity index (χ2n) is 7.45. The summed E-state index contributed by atoms with van der Waals surface area (Å²) in [6, 6.07) is 2.99. The van der Waals surface area contributed by atoms with Crippen LogP contribution in [0.1, 0.15) is 27.2 Å². The third-order valence-corrected chi connectivity index (χ3v) is 5.64. The minimum Gasteiger partial charge on any atom is -0.467 e. The maximum absolute atomic E-state index is 12.7. The van der Waals surface area contributed by atoms with Crippen molar-refractivity contribution in [3.8, 4) is 0 Å². The summed E-state index contributed by atoms with van der Waals surface area (Å²) in [5.41, 5.74) is -1.40. The van der Waals surface area contributed by atoms with Gasteiger partial charge >= 0.3 is 12.1 Å². The number of nitrogens with one attached hydrogen (secondary N) is 1. The Morgan fingerprint density at radius 1 is 1.28 bits per heavy atom. The highest BCUT2D eigenvalue weighted by Crippen LogP contribution is 2.26. The van der Waals surface area contributed by atoms with E-state index in [1.54, 1.807) is 20.8 Å². The number of esters is 1. The van der Waals surface area contributed by atoms with E-state index < -0.39 is 55.3 Å².